The van der Waals surface area contributed by atoms with Crippen molar-refractivity contribution in [2.24, 2.45) is 0 Å². The molecule has 14 heteroatoms. The molecule has 0 aromatic heterocycles. The van der Waals surface area contributed by atoms with Crippen molar-refractivity contribution >= 4 is 5.91 Å². The Morgan fingerprint density at radius 3 is 1.33 bits per heavy atom. The van der Waals surface area contributed by atoms with Crippen LogP contribution in [0.1, 0.15) is 239 Å². The van der Waals surface area contributed by atoms with Crippen molar-refractivity contribution in [2.45, 2.75) is 312 Å². The van der Waals surface area contributed by atoms with E-state index < -0.39 is 86.8 Å². The Bertz CT molecular complexity index is 1760. The first-order chi connectivity index (χ1) is 40.6. The fourth-order valence-electron chi connectivity index (χ4n) is 10.2. The number of allylic oxidation sites excluding steroid dienone is 15. The monoisotopic (exact) mass is 1170 g/mol. The lowest BCUT2D eigenvalue weighted by Gasteiger charge is -2.46. The standard InChI is InChI=1S/C69H119NO13/c1-3-5-7-9-11-13-15-17-19-21-23-25-27-28-29-31-32-34-36-38-40-42-44-46-48-50-52-58(73)57(56-80-68-66(79)64(77)67(60(55-72)82-68)83-69-65(78)63(76)62(75)59(54-71)81-69)70-61(74)53-51-49-47-45-43-41-39-37-35-33-30-26-24-22-20-18-16-14-12-10-8-6-4-2/h6,8,12,14,18,20,24,26,33-36,42,44,50,52,57-60,62-69,71-73,75-79H,3-5,7,9-11,13,15-17,19,21-23,25,27-32,37-41,43,45-49,51,53-56H2,1-2H3,(H,70,74)/b8-6-,14-12-,20-18-,26-24-,35-33-,36-34+,44-42+,52-50+. The lowest BCUT2D eigenvalue weighted by molar-refractivity contribution is -0.359. The molecule has 0 bridgehead atoms. The molecule has 14 nitrogen and oxygen atoms in total. The predicted octanol–water partition coefficient (Wildman–Crippen LogP) is 12.6. The minimum Gasteiger partial charge on any atom is -0.394 e. The maximum Gasteiger partial charge on any atom is 0.220 e. The fraction of sp³-hybridized carbons (Fsp3) is 0.754. The summed E-state index contributed by atoms with van der Waals surface area (Å²) in [6, 6.07) is -0.952. The third kappa shape index (κ3) is 37.9. The van der Waals surface area contributed by atoms with E-state index in [0.717, 1.165) is 103 Å². The summed E-state index contributed by atoms with van der Waals surface area (Å²) in [5.41, 5.74) is 0. The van der Waals surface area contributed by atoms with Gasteiger partial charge in [0.05, 0.1) is 32.0 Å². The van der Waals surface area contributed by atoms with Gasteiger partial charge in [0.1, 0.15) is 48.8 Å². The molecule has 0 aliphatic carbocycles. The van der Waals surface area contributed by atoms with Crippen LogP contribution >= 0.6 is 0 Å². The highest BCUT2D eigenvalue weighted by molar-refractivity contribution is 5.76. The van der Waals surface area contributed by atoms with Gasteiger partial charge in [-0.1, -0.05) is 239 Å². The van der Waals surface area contributed by atoms with Crippen molar-refractivity contribution in [3.8, 4) is 0 Å². The van der Waals surface area contributed by atoms with Crippen LogP contribution in [0.25, 0.3) is 0 Å². The van der Waals surface area contributed by atoms with Gasteiger partial charge >= 0.3 is 0 Å². The van der Waals surface area contributed by atoms with Crippen molar-refractivity contribution in [1.82, 2.24) is 5.32 Å². The van der Waals surface area contributed by atoms with Gasteiger partial charge < -0.3 is 65.1 Å². The van der Waals surface area contributed by atoms with Gasteiger partial charge in [0.25, 0.3) is 0 Å². The smallest absolute Gasteiger partial charge is 0.220 e. The van der Waals surface area contributed by atoms with Crippen LogP contribution in [0.15, 0.2) is 97.2 Å². The second kappa shape index (κ2) is 53.2. The average Bonchev–Trinajstić information content (AvgIpc) is 3.64. The number of aliphatic hydroxyl groups is 8. The SMILES string of the molecule is CC/C=C\C/C=C\C/C=C\C/C=C\C/C=C\CCCCCCCCCC(=O)NC(COC1OC(CO)C(OC2OC(CO)C(O)C(O)C2O)C(O)C1O)C(O)/C=C/CC/C=C/CC/C=C/CCCCCCCCCCCCCCCCCC. The number of hydrogen-bond donors (Lipinski definition) is 9. The third-order valence-corrected chi connectivity index (χ3v) is 15.5. The van der Waals surface area contributed by atoms with E-state index in [-0.39, 0.29) is 18.9 Å². The number of amides is 1. The largest absolute Gasteiger partial charge is 0.394 e. The van der Waals surface area contributed by atoms with Crippen LogP contribution in [0.3, 0.4) is 0 Å². The molecule has 2 rings (SSSR count). The van der Waals surface area contributed by atoms with Crippen molar-refractivity contribution in [3.63, 3.8) is 0 Å². The molecule has 12 unspecified atom stereocenters. The first-order valence-corrected chi connectivity index (χ1v) is 33.0. The van der Waals surface area contributed by atoms with Crippen LogP contribution in [0.2, 0.25) is 0 Å². The number of carbonyl (C=O) groups is 1. The van der Waals surface area contributed by atoms with Crippen LogP contribution in [0.4, 0.5) is 0 Å². The van der Waals surface area contributed by atoms with Crippen molar-refractivity contribution in [2.75, 3.05) is 19.8 Å². The lowest BCUT2D eigenvalue weighted by Crippen LogP contribution is -2.65. The van der Waals surface area contributed by atoms with E-state index >= 15 is 0 Å². The third-order valence-electron chi connectivity index (χ3n) is 15.5. The molecule has 0 aromatic carbocycles. The molecule has 2 heterocycles. The van der Waals surface area contributed by atoms with Gasteiger partial charge in [-0.3, -0.25) is 4.79 Å². The Kier molecular flexibility index (Phi) is 48.7. The lowest BCUT2D eigenvalue weighted by atomic mass is 9.97. The molecule has 2 saturated heterocycles. The van der Waals surface area contributed by atoms with E-state index in [1.807, 2.05) is 6.08 Å². The summed E-state index contributed by atoms with van der Waals surface area (Å²) in [6.45, 7) is 2.66. The van der Waals surface area contributed by atoms with E-state index in [9.17, 15) is 45.6 Å². The summed E-state index contributed by atoms with van der Waals surface area (Å²) in [6.07, 6.45) is 57.4. The molecule has 83 heavy (non-hydrogen) atoms. The first kappa shape index (κ1) is 76.0. The van der Waals surface area contributed by atoms with Gasteiger partial charge in [-0.25, -0.2) is 0 Å². The molecule has 1 amide bonds. The second-order valence-corrected chi connectivity index (χ2v) is 22.8. The zero-order chi connectivity index (χ0) is 60.2. The number of nitrogens with one attached hydrogen (secondary N) is 1. The summed E-state index contributed by atoms with van der Waals surface area (Å²) < 4.78 is 22.8. The molecule has 0 spiro atoms. The molecular formula is C69H119NO13. The van der Waals surface area contributed by atoms with E-state index in [2.05, 4.69) is 104 Å². The number of hydrogen-bond acceptors (Lipinski definition) is 13. The van der Waals surface area contributed by atoms with E-state index in [4.69, 9.17) is 18.9 Å². The summed E-state index contributed by atoms with van der Waals surface area (Å²) in [7, 11) is 0. The molecule has 9 N–H and O–H groups in total. The van der Waals surface area contributed by atoms with E-state index in [0.29, 0.717) is 12.8 Å². The van der Waals surface area contributed by atoms with E-state index in [1.54, 1.807) is 6.08 Å². The highest BCUT2D eigenvalue weighted by Crippen LogP contribution is 2.30. The molecule has 478 valence electrons. The Balaban J connectivity index is 1.76. The highest BCUT2D eigenvalue weighted by Gasteiger charge is 2.51. The highest BCUT2D eigenvalue weighted by atomic mass is 16.7. The quantitative estimate of drug-likeness (QED) is 0.0204. The molecule has 2 aliphatic heterocycles. The van der Waals surface area contributed by atoms with Gasteiger partial charge in [-0.15, -0.1) is 0 Å². The maximum absolute atomic E-state index is 13.3. The van der Waals surface area contributed by atoms with E-state index in [1.165, 1.54) is 103 Å². The number of aliphatic hydroxyl groups excluding tert-OH is 8. The first-order valence-electron chi connectivity index (χ1n) is 33.0. The van der Waals surface area contributed by atoms with Crippen molar-refractivity contribution in [1.29, 1.82) is 0 Å². The molecule has 0 saturated carbocycles. The minimum absolute atomic E-state index is 0.251. The molecule has 0 radical (unpaired) electrons. The normalized spacial score (nSPS) is 24.5. The van der Waals surface area contributed by atoms with Crippen LogP contribution in [-0.2, 0) is 23.7 Å². The minimum atomic E-state index is -1.80. The van der Waals surface area contributed by atoms with Gasteiger partial charge in [0.2, 0.25) is 5.91 Å². The van der Waals surface area contributed by atoms with Gasteiger partial charge in [0.15, 0.2) is 12.6 Å². The second-order valence-electron chi connectivity index (χ2n) is 22.8. The van der Waals surface area contributed by atoms with Gasteiger partial charge in [-0.05, 0) is 89.9 Å². The molecule has 2 fully saturated rings. The molecule has 2 aliphatic rings. The zero-order valence-electron chi connectivity index (χ0n) is 51.7. The number of rotatable bonds is 52. The number of unbranched alkanes of at least 4 members (excludes halogenated alkanes) is 25. The van der Waals surface area contributed by atoms with Gasteiger partial charge in [-0.2, -0.15) is 0 Å². The van der Waals surface area contributed by atoms with Gasteiger partial charge in [0, 0.05) is 6.42 Å². The Morgan fingerprint density at radius 2 is 0.843 bits per heavy atom. The summed E-state index contributed by atoms with van der Waals surface area (Å²) in [4.78, 5) is 13.3. The fourth-order valence-corrected chi connectivity index (χ4v) is 10.2. The molecule has 12 atom stereocenters. The van der Waals surface area contributed by atoms with Crippen molar-refractivity contribution in [3.05, 3.63) is 97.2 Å². The van der Waals surface area contributed by atoms with Crippen LogP contribution in [0, 0.1) is 0 Å². The van der Waals surface area contributed by atoms with Crippen molar-refractivity contribution < 1.29 is 64.6 Å². The Labute approximate surface area is 503 Å². The molecule has 0 aromatic rings. The topological polar surface area (TPSA) is 228 Å². The van der Waals surface area contributed by atoms with Crippen LogP contribution in [-0.4, -0.2) is 140 Å². The number of ether oxygens (including phenoxy) is 4. The maximum atomic E-state index is 13.3. The summed E-state index contributed by atoms with van der Waals surface area (Å²) >= 11 is 0. The summed E-state index contributed by atoms with van der Waals surface area (Å²) in [5, 5.41) is 87.3. The van der Waals surface area contributed by atoms with Crippen LogP contribution in [0.5, 0.6) is 0 Å². The average molecular weight is 1170 g/mol. The zero-order valence-corrected chi connectivity index (χ0v) is 51.7. The predicted molar refractivity (Wildman–Crippen MR) is 336 cm³/mol. The van der Waals surface area contributed by atoms with Crippen LogP contribution < -0.4 is 5.32 Å². The Hall–Kier alpha value is -3.09. The number of carbonyl (C=O) groups excluding carboxylic acids is 1. The molecular weight excluding hydrogens is 1050 g/mol. The summed E-state index contributed by atoms with van der Waals surface area (Å²) in [5.74, 6) is -0.267. The Morgan fingerprint density at radius 1 is 0.446 bits per heavy atom.